The van der Waals surface area contributed by atoms with E-state index in [4.69, 9.17) is 9.47 Å². The molecular formula is C20H24N4O3. The average Bonchev–Trinajstić information content (AvgIpc) is 2.97. The van der Waals surface area contributed by atoms with Gasteiger partial charge < -0.3 is 20.1 Å². The highest BCUT2D eigenvalue weighted by atomic mass is 16.6. The van der Waals surface area contributed by atoms with Crippen LogP contribution in [0, 0.1) is 0 Å². The Morgan fingerprint density at radius 2 is 1.74 bits per heavy atom. The largest absolute Gasteiger partial charge is 0.486 e. The van der Waals surface area contributed by atoms with Crippen LogP contribution >= 0.6 is 0 Å². The van der Waals surface area contributed by atoms with E-state index in [1.165, 1.54) is 32.0 Å². The van der Waals surface area contributed by atoms with Gasteiger partial charge in [0.2, 0.25) is 0 Å². The van der Waals surface area contributed by atoms with Gasteiger partial charge in [-0.1, -0.05) is 25.7 Å². The van der Waals surface area contributed by atoms with Crippen molar-refractivity contribution in [2.24, 2.45) is 0 Å². The number of amides is 1. The van der Waals surface area contributed by atoms with E-state index in [9.17, 15) is 4.79 Å². The molecular weight excluding hydrogens is 344 g/mol. The molecule has 4 rings (SSSR count). The number of aromatic nitrogens is 2. The maximum absolute atomic E-state index is 12.6. The summed E-state index contributed by atoms with van der Waals surface area (Å²) in [6.07, 6.45) is 8.78. The third-order valence-corrected chi connectivity index (χ3v) is 4.91. The number of nitrogens with zero attached hydrogens (tertiary/aromatic N) is 2. The molecule has 1 aliphatic carbocycles. The van der Waals surface area contributed by atoms with Crippen LogP contribution in [-0.4, -0.2) is 35.1 Å². The van der Waals surface area contributed by atoms with E-state index in [2.05, 4.69) is 20.6 Å². The predicted octanol–water partition coefficient (Wildman–Crippen LogP) is 3.63. The van der Waals surface area contributed by atoms with Crippen LogP contribution in [0.1, 0.15) is 49.0 Å². The summed E-state index contributed by atoms with van der Waals surface area (Å²) in [5.41, 5.74) is 0.970. The van der Waals surface area contributed by atoms with Gasteiger partial charge in [0, 0.05) is 23.9 Å². The number of benzene rings is 1. The Hall–Kier alpha value is -2.83. The van der Waals surface area contributed by atoms with E-state index in [0.717, 1.165) is 12.8 Å². The Labute approximate surface area is 158 Å². The molecule has 27 heavy (non-hydrogen) atoms. The van der Waals surface area contributed by atoms with E-state index in [0.29, 0.717) is 48.0 Å². The number of nitrogens with one attached hydrogen (secondary N) is 2. The number of carbonyl (C=O) groups is 1. The molecule has 0 bridgehead atoms. The van der Waals surface area contributed by atoms with Gasteiger partial charge in [-0.05, 0) is 25.0 Å². The van der Waals surface area contributed by atoms with Crippen LogP contribution in [0.5, 0.6) is 11.5 Å². The van der Waals surface area contributed by atoms with E-state index in [1.54, 1.807) is 24.3 Å². The molecule has 2 aromatic rings. The van der Waals surface area contributed by atoms with Gasteiger partial charge in [0.05, 0.1) is 0 Å². The fourth-order valence-electron chi connectivity index (χ4n) is 3.51. The van der Waals surface area contributed by atoms with Crippen molar-refractivity contribution in [1.82, 2.24) is 9.97 Å². The molecule has 1 aromatic heterocycles. The molecule has 0 saturated heterocycles. The van der Waals surface area contributed by atoms with Crippen LogP contribution in [0.15, 0.2) is 30.6 Å². The predicted molar refractivity (Wildman–Crippen MR) is 103 cm³/mol. The Morgan fingerprint density at radius 1 is 0.963 bits per heavy atom. The second-order valence-electron chi connectivity index (χ2n) is 6.93. The van der Waals surface area contributed by atoms with Gasteiger partial charge in [-0.3, -0.25) is 4.79 Å². The van der Waals surface area contributed by atoms with E-state index in [1.807, 2.05) is 0 Å². The van der Waals surface area contributed by atoms with E-state index in [-0.39, 0.29) is 5.91 Å². The number of hydrogen-bond donors (Lipinski definition) is 2. The molecule has 1 aromatic carbocycles. The monoisotopic (exact) mass is 368 g/mol. The van der Waals surface area contributed by atoms with Crippen molar-refractivity contribution in [3.8, 4) is 11.5 Å². The summed E-state index contributed by atoms with van der Waals surface area (Å²) < 4.78 is 11.1. The molecule has 7 heteroatoms. The van der Waals surface area contributed by atoms with Crippen LogP contribution in [0.3, 0.4) is 0 Å². The van der Waals surface area contributed by atoms with Crippen molar-refractivity contribution >= 4 is 17.4 Å². The van der Waals surface area contributed by atoms with Crippen LogP contribution in [0.2, 0.25) is 0 Å². The molecule has 0 atom stereocenters. The second kappa shape index (κ2) is 8.24. The topological polar surface area (TPSA) is 85.4 Å². The molecule has 0 spiro atoms. The maximum Gasteiger partial charge on any atom is 0.274 e. The molecule has 1 saturated carbocycles. The standard InChI is InChI=1S/C20H24N4O3/c25-20(24-15-7-8-17-18(11-15)27-10-9-26-17)16-12-19(22-13-21-16)23-14-5-3-1-2-4-6-14/h7-8,11-14H,1-6,9-10H2,(H,24,25)(H,21,22,23). The van der Waals surface area contributed by atoms with E-state index < -0.39 is 0 Å². The smallest absolute Gasteiger partial charge is 0.274 e. The average molecular weight is 368 g/mol. The molecule has 7 nitrogen and oxygen atoms in total. The van der Waals surface area contributed by atoms with Gasteiger partial charge in [-0.15, -0.1) is 0 Å². The van der Waals surface area contributed by atoms with Gasteiger partial charge >= 0.3 is 0 Å². The minimum absolute atomic E-state index is 0.280. The zero-order valence-corrected chi connectivity index (χ0v) is 15.2. The zero-order chi connectivity index (χ0) is 18.5. The third-order valence-electron chi connectivity index (χ3n) is 4.91. The number of anilines is 2. The lowest BCUT2D eigenvalue weighted by Gasteiger charge is -2.19. The number of rotatable bonds is 4. The Balaban J connectivity index is 1.42. The first kappa shape index (κ1) is 17.6. The first-order chi connectivity index (χ1) is 13.3. The summed E-state index contributed by atoms with van der Waals surface area (Å²) in [7, 11) is 0. The van der Waals surface area contributed by atoms with Gasteiger partial charge in [-0.25, -0.2) is 9.97 Å². The van der Waals surface area contributed by atoms with Crippen LogP contribution in [-0.2, 0) is 0 Å². The van der Waals surface area contributed by atoms with Crippen molar-refractivity contribution in [1.29, 1.82) is 0 Å². The molecule has 2 aliphatic rings. The minimum Gasteiger partial charge on any atom is -0.486 e. The first-order valence-electron chi connectivity index (χ1n) is 9.57. The Kier molecular flexibility index (Phi) is 5.37. The summed E-state index contributed by atoms with van der Waals surface area (Å²) in [6, 6.07) is 7.47. The second-order valence-corrected chi connectivity index (χ2v) is 6.93. The van der Waals surface area contributed by atoms with Crippen LogP contribution in [0.25, 0.3) is 0 Å². The molecule has 1 amide bonds. The number of fused-ring (bicyclic) bond motifs is 1. The SMILES string of the molecule is O=C(Nc1ccc2c(c1)OCCO2)c1cc(NC2CCCCCC2)ncn1. The molecule has 2 heterocycles. The highest BCUT2D eigenvalue weighted by Gasteiger charge is 2.16. The third kappa shape index (κ3) is 4.48. The lowest BCUT2D eigenvalue weighted by Crippen LogP contribution is -2.20. The fraction of sp³-hybridized carbons (Fsp3) is 0.450. The molecule has 1 fully saturated rings. The molecule has 2 N–H and O–H groups in total. The lowest BCUT2D eigenvalue weighted by atomic mass is 10.1. The van der Waals surface area contributed by atoms with Crippen molar-refractivity contribution in [3.63, 3.8) is 0 Å². The molecule has 0 radical (unpaired) electrons. The van der Waals surface area contributed by atoms with Gasteiger partial charge in [0.1, 0.15) is 31.1 Å². The summed E-state index contributed by atoms with van der Waals surface area (Å²) in [4.78, 5) is 21.0. The van der Waals surface area contributed by atoms with Crippen molar-refractivity contribution in [3.05, 3.63) is 36.3 Å². The highest BCUT2D eigenvalue weighted by molar-refractivity contribution is 6.03. The molecule has 142 valence electrons. The highest BCUT2D eigenvalue weighted by Crippen LogP contribution is 2.32. The fourth-order valence-corrected chi connectivity index (χ4v) is 3.51. The van der Waals surface area contributed by atoms with E-state index >= 15 is 0 Å². The summed E-state index contributed by atoms with van der Waals surface area (Å²) in [6.45, 7) is 1.04. The lowest BCUT2D eigenvalue weighted by molar-refractivity contribution is 0.102. The number of ether oxygens (including phenoxy) is 2. The molecule has 0 unspecified atom stereocenters. The summed E-state index contributed by atoms with van der Waals surface area (Å²) >= 11 is 0. The maximum atomic E-state index is 12.6. The zero-order valence-electron chi connectivity index (χ0n) is 15.2. The van der Waals surface area contributed by atoms with Gasteiger partial charge in [-0.2, -0.15) is 0 Å². The van der Waals surface area contributed by atoms with Crippen molar-refractivity contribution < 1.29 is 14.3 Å². The van der Waals surface area contributed by atoms with Crippen LogP contribution < -0.4 is 20.1 Å². The summed E-state index contributed by atoms with van der Waals surface area (Å²) in [5.74, 6) is 1.75. The number of hydrogen-bond acceptors (Lipinski definition) is 6. The number of carbonyl (C=O) groups excluding carboxylic acids is 1. The molecule has 1 aliphatic heterocycles. The van der Waals surface area contributed by atoms with Crippen molar-refractivity contribution in [2.45, 2.75) is 44.6 Å². The van der Waals surface area contributed by atoms with Gasteiger partial charge in [0.15, 0.2) is 11.5 Å². The van der Waals surface area contributed by atoms with Crippen LogP contribution in [0.4, 0.5) is 11.5 Å². The van der Waals surface area contributed by atoms with Gasteiger partial charge in [0.25, 0.3) is 5.91 Å². The normalized spacial score (nSPS) is 17.0. The van der Waals surface area contributed by atoms with Crippen molar-refractivity contribution in [2.75, 3.05) is 23.8 Å². The Bertz CT molecular complexity index is 804. The minimum atomic E-state index is -0.280. The first-order valence-corrected chi connectivity index (χ1v) is 9.57. The summed E-state index contributed by atoms with van der Waals surface area (Å²) in [5, 5.41) is 6.31. The Morgan fingerprint density at radius 3 is 2.56 bits per heavy atom. The quantitative estimate of drug-likeness (QED) is 0.802.